The Morgan fingerprint density at radius 3 is 2.47 bits per heavy atom. The molecule has 0 aromatic heterocycles. The van der Waals surface area contributed by atoms with Gasteiger partial charge in [0.15, 0.2) is 0 Å². The molecule has 0 radical (unpaired) electrons. The summed E-state index contributed by atoms with van der Waals surface area (Å²) in [6.45, 7) is 2.83. The summed E-state index contributed by atoms with van der Waals surface area (Å²) in [6, 6.07) is 7.77. The standard InChI is InChI=1S/C14H20ClNO/c1-2-12-6-8-13(9-7-12)14(17)16-11-5-3-4-10-15/h6-9H,2-5,10-11H2,1H3,(H,16,17). The smallest absolute Gasteiger partial charge is 0.251 e. The van der Waals surface area contributed by atoms with Crippen molar-refractivity contribution in [3.63, 3.8) is 0 Å². The van der Waals surface area contributed by atoms with Crippen LogP contribution in [0.15, 0.2) is 24.3 Å². The van der Waals surface area contributed by atoms with Gasteiger partial charge in [0.05, 0.1) is 0 Å². The average molecular weight is 254 g/mol. The van der Waals surface area contributed by atoms with E-state index in [1.54, 1.807) is 0 Å². The Hall–Kier alpha value is -1.02. The summed E-state index contributed by atoms with van der Waals surface area (Å²) in [7, 11) is 0. The van der Waals surface area contributed by atoms with Crippen molar-refractivity contribution < 1.29 is 4.79 Å². The fourth-order valence-corrected chi connectivity index (χ4v) is 1.78. The maximum absolute atomic E-state index is 11.7. The maximum atomic E-state index is 11.7. The average Bonchev–Trinajstić information content (AvgIpc) is 2.38. The minimum absolute atomic E-state index is 0.0125. The Labute approximate surface area is 108 Å². The zero-order chi connectivity index (χ0) is 12.5. The molecule has 0 aliphatic heterocycles. The number of aryl methyl sites for hydroxylation is 1. The Bertz CT molecular complexity index is 335. The maximum Gasteiger partial charge on any atom is 0.251 e. The van der Waals surface area contributed by atoms with Crippen LogP contribution in [0, 0.1) is 0 Å². The molecule has 1 aromatic carbocycles. The Balaban J connectivity index is 2.31. The van der Waals surface area contributed by atoms with Gasteiger partial charge in [0.25, 0.3) is 5.91 Å². The van der Waals surface area contributed by atoms with Crippen LogP contribution >= 0.6 is 11.6 Å². The van der Waals surface area contributed by atoms with Crippen molar-refractivity contribution >= 4 is 17.5 Å². The molecule has 0 atom stereocenters. The molecule has 1 amide bonds. The van der Waals surface area contributed by atoms with Crippen molar-refractivity contribution in [2.45, 2.75) is 32.6 Å². The highest BCUT2D eigenvalue weighted by Gasteiger charge is 2.03. The first-order chi connectivity index (χ1) is 8.27. The van der Waals surface area contributed by atoms with E-state index in [0.29, 0.717) is 5.88 Å². The lowest BCUT2D eigenvalue weighted by atomic mass is 10.1. The molecule has 0 unspecified atom stereocenters. The van der Waals surface area contributed by atoms with Crippen LogP contribution in [0.5, 0.6) is 0 Å². The van der Waals surface area contributed by atoms with Crippen LogP contribution in [0.1, 0.15) is 42.1 Å². The SMILES string of the molecule is CCc1ccc(C(=O)NCCCCCCl)cc1. The normalized spacial score (nSPS) is 10.2. The van der Waals surface area contributed by atoms with E-state index in [-0.39, 0.29) is 5.91 Å². The second-order valence-corrected chi connectivity index (χ2v) is 4.43. The van der Waals surface area contributed by atoms with Crippen molar-refractivity contribution in [1.82, 2.24) is 5.32 Å². The first kappa shape index (κ1) is 14.0. The van der Waals surface area contributed by atoms with Gasteiger partial charge in [-0.3, -0.25) is 4.79 Å². The van der Waals surface area contributed by atoms with E-state index in [4.69, 9.17) is 11.6 Å². The van der Waals surface area contributed by atoms with Crippen molar-refractivity contribution in [2.75, 3.05) is 12.4 Å². The van der Waals surface area contributed by atoms with Crippen LogP contribution in [0.2, 0.25) is 0 Å². The van der Waals surface area contributed by atoms with Gasteiger partial charge in [-0.1, -0.05) is 25.5 Å². The fraction of sp³-hybridized carbons (Fsp3) is 0.500. The van der Waals surface area contributed by atoms with E-state index in [1.165, 1.54) is 5.56 Å². The number of carbonyl (C=O) groups is 1. The molecular formula is C14H20ClNO. The summed E-state index contributed by atoms with van der Waals surface area (Å²) in [5.41, 5.74) is 1.99. The first-order valence-corrected chi connectivity index (χ1v) is 6.74. The summed E-state index contributed by atoms with van der Waals surface area (Å²) in [6.07, 6.45) is 4.08. The summed E-state index contributed by atoms with van der Waals surface area (Å²) in [5.74, 6) is 0.713. The van der Waals surface area contributed by atoms with Gasteiger partial charge in [-0.15, -0.1) is 11.6 Å². The van der Waals surface area contributed by atoms with Crippen LogP contribution in [-0.4, -0.2) is 18.3 Å². The molecule has 0 spiro atoms. The monoisotopic (exact) mass is 253 g/mol. The van der Waals surface area contributed by atoms with Crippen molar-refractivity contribution in [3.8, 4) is 0 Å². The van der Waals surface area contributed by atoms with Crippen molar-refractivity contribution in [2.24, 2.45) is 0 Å². The van der Waals surface area contributed by atoms with Gasteiger partial charge in [-0.25, -0.2) is 0 Å². The molecule has 1 N–H and O–H groups in total. The number of benzene rings is 1. The number of hydrogen-bond donors (Lipinski definition) is 1. The zero-order valence-electron chi connectivity index (χ0n) is 10.3. The Morgan fingerprint density at radius 2 is 1.88 bits per heavy atom. The molecule has 1 aromatic rings. The summed E-state index contributed by atoms with van der Waals surface area (Å²) >= 11 is 5.58. The molecule has 0 aliphatic carbocycles. The molecule has 0 bridgehead atoms. The third kappa shape index (κ3) is 5.22. The number of halogens is 1. The zero-order valence-corrected chi connectivity index (χ0v) is 11.1. The second kappa shape index (κ2) is 8.13. The van der Waals surface area contributed by atoms with Crippen molar-refractivity contribution in [1.29, 1.82) is 0 Å². The number of amides is 1. The van der Waals surface area contributed by atoms with Crippen LogP contribution in [0.4, 0.5) is 0 Å². The van der Waals surface area contributed by atoms with E-state index >= 15 is 0 Å². The largest absolute Gasteiger partial charge is 0.352 e. The summed E-state index contributed by atoms with van der Waals surface area (Å²) in [4.78, 5) is 11.7. The molecule has 0 saturated carbocycles. The minimum atomic E-state index is 0.0125. The predicted octanol–water partition coefficient (Wildman–Crippen LogP) is 3.39. The van der Waals surface area contributed by atoms with E-state index in [2.05, 4.69) is 12.2 Å². The van der Waals surface area contributed by atoms with Crippen molar-refractivity contribution in [3.05, 3.63) is 35.4 Å². The summed E-state index contributed by atoms with van der Waals surface area (Å²) in [5, 5.41) is 2.91. The highest BCUT2D eigenvalue weighted by atomic mass is 35.5. The predicted molar refractivity (Wildman–Crippen MR) is 72.7 cm³/mol. The van der Waals surface area contributed by atoms with E-state index in [9.17, 15) is 4.79 Å². The van der Waals surface area contributed by atoms with Gasteiger partial charge < -0.3 is 5.32 Å². The number of carbonyl (C=O) groups excluding carboxylic acids is 1. The molecule has 94 valence electrons. The lowest BCUT2D eigenvalue weighted by Gasteiger charge is -2.05. The molecule has 1 rings (SSSR count). The molecule has 0 saturated heterocycles. The third-order valence-corrected chi connectivity index (χ3v) is 2.99. The first-order valence-electron chi connectivity index (χ1n) is 6.21. The van der Waals surface area contributed by atoms with Crippen LogP contribution in [-0.2, 0) is 6.42 Å². The quantitative estimate of drug-likeness (QED) is 0.586. The topological polar surface area (TPSA) is 29.1 Å². The molecule has 0 heterocycles. The number of alkyl halides is 1. The molecule has 0 fully saturated rings. The highest BCUT2D eigenvalue weighted by molar-refractivity contribution is 6.17. The van der Waals surface area contributed by atoms with Crippen LogP contribution < -0.4 is 5.32 Å². The lowest BCUT2D eigenvalue weighted by molar-refractivity contribution is 0.0953. The minimum Gasteiger partial charge on any atom is -0.352 e. The lowest BCUT2D eigenvalue weighted by Crippen LogP contribution is -2.24. The van der Waals surface area contributed by atoms with Gasteiger partial charge in [-0.05, 0) is 37.0 Å². The summed E-state index contributed by atoms with van der Waals surface area (Å²) < 4.78 is 0. The van der Waals surface area contributed by atoms with Gasteiger partial charge >= 0.3 is 0 Å². The highest BCUT2D eigenvalue weighted by Crippen LogP contribution is 2.05. The van der Waals surface area contributed by atoms with Crippen LogP contribution in [0.25, 0.3) is 0 Å². The third-order valence-electron chi connectivity index (χ3n) is 2.72. The molecular weight excluding hydrogens is 234 g/mol. The number of rotatable bonds is 7. The Morgan fingerprint density at radius 1 is 1.18 bits per heavy atom. The van der Waals surface area contributed by atoms with Crippen LogP contribution in [0.3, 0.4) is 0 Å². The van der Waals surface area contributed by atoms with Gasteiger partial charge in [0.2, 0.25) is 0 Å². The Kier molecular flexibility index (Phi) is 6.71. The fourth-order valence-electron chi connectivity index (χ4n) is 1.59. The molecule has 2 nitrogen and oxygen atoms in total. The second-order valence-electron chi connectivity index (χ2n) is 4.06. The number of nitrogens with one attached hydrogen (secondary N) is 1. The van der Waals surface area contributed by atoms with Gasteiger partial charge in [0.1, 0.15) is 0 Å². The number of hydrogen-bond acceptors (Lipinski definition) is 1. The number of unbranched alkanes of at least 4 members (excludes halogenated alkanes) is 2. The van der Waals surface area contributed by atoms with Gasteiger partial charge in [-0.2, -0.15) is 0 Å². The molecule has 17 heavy (non-hydrogen) atoms. The van der Waals surface area contributed by atoms with E-state index in [0.717, 1.165) is 37.8 Å². The van der Waals surface area contributed by atoms with E-state index < -0.39 is 0 Å². The molecule has 3 heteroatoms. The van der Waals surface area contributed by atoms with E-state index in [1.807, 2.05) is 24.3 Å². The molecule has 0 aliphatic rings. The van der Waals surface area contributed by atoms with Gasteiger partial charge in [0, 0.05) is 18.0 Å².